The van der Waals surface area contributed by atoms with E-state index in [1.54, 1.807) is 11.3 Å². The fraction of sp³-hybridized carbons (Fsp3) is 0.789. The van der Waals surface area contributed by atoms with Gasteiger partial charge in [-0.05, 0) is 57.4 Å². The van der Waals surface area contributed by atoms with Gasteiger partial charge in [0.05, 0.1) is 12.2 Å². The first kappa shape index (κ1) is 16.5. The molecule has 4 rings (SSSR count). The number of nitrogens with zero attached hydrogens (tertiary/aromatic N) is 2. The van der Waals surface area contributed by atoms with Crippen molar-refractivity contribution >= 4 is 22.4 Å². The van der Waals surface area contributed by atoms with Gasteiger partial charge in [0.1, 0.15) is 0 Å². The lowest BCUT2D eigenvalue weighted by Crippen LogP contribution is -2.45. The summed E-state index contributed by atoms with van der Waals surface area (Å²) in [5.74, 6) is 1.05. The highest BCUT2D eigenvalue weighted by atomic mass is 32.1. The Hall–Kier alpha value is -0.940. The highest BCUT2D eigenvalue weighted by molar-refractivity contribution is 7.15. The van der Waals surface area contributed by atoms with Crippen LogP contribution in [0.5, 0.6) is 0 Å². The van der Waals surface area contributed by atoms with Crippen molar-refractivity contribution in [2.75, 3.05) is 18.4 Å². The summed E-state index contributed by atoms with van der Waals surface area (Å²) in [6.07, 6.45) is 14.1. The molecule has 1 unspecified atom stereocenters. The Morgan fingerprint density at radius 1 is 1.12 bits per heavy atom. The maximum atomic E-state index is 12.5. The van der Waals surface area contributed by atoms with E-state index >= 15 is 0 Å². The summed E-state index contributed by atoms with van der Waals surface area (Å²) in [5.41, 5.74) is 1.22. The second-order valence-electron chi connectivity index (χ2n) is 7.80. The molecule has 132 valence electrons. The maximum Gasteiger partial charge on any atom is 0.240 e. The van der Waals surface area contributed by atoms with Gasteiger partial charge in [0.25, 0.3) is 0 Å². The van der Waals surface area contributed by atoms with Gasteiger partial charge in [0, 0.05) is 10.9 Å². The number of anilines is 1. The van der Waals surface area contributed by atoms with Crippen LogP contribution in [0, 0.1) is 5.92 Å². The van der Waals surface area contributed by atoms with Crippen LogP contribution in [0.2, 0.25) is 0 Å². The summed E-state index contributed by atoms with van der Waals surface area (Å²) >= 11 is 1.69. The standard InChI is InChI=1S/C19H29N3OS/c23-18(21-19-20-16-9-1-2-10-17(16)24-19)13-22-11-4-3-8-15(22)12-14-6-5-7-14/h14-15H,1-13H2,(H,20,21,23). The second-order valence-corrected chi connectivity index (χ2v) is 8.88. The van der Waals surface area contributed by atoms with Crippen LogP contribution >= 0.6 is 11.3 Å². The average Bonchev–Trinajstić information content (AvgIpc) is 2.94. The fourth-order valence-corrected chi connectivity index (χ4v) is 5.46. The zero-order valence-corrected chi connectivity index (χ0v) is 15.4. The van der Waals surface area contributed by atoms with E-state index in [9.17, 15) is 4.79 Å². The van der Waals surface area contributed by atoms with Crippen LogP contribution in [0.25, 0.3) is 0 Å². The highest BCUT2D eigenvalue weighted by Gasteiger charge is 2.29. The molecule has 1 aromatic heterocycles. The van der Waals surface area contributed by atoms with Crippen LogP contribution in [0.4, 0.5) is 5.13 Å². The Labute approximate surface area is 149 Å². The lowest BCUT2D eigenvalue weighted by molar-refractivity contribution is -0.118. The predicted octanol–water partition coefficient (Wildman–Crippen LogP) is 4.01. The lowest BCUT2D eigenvalue weighted by Gasteiger charge is -2.39. The Morgan fingerprint density at radius 2 is 2.00 bits per heavy atom. The molecule has 1 saturated heterocycles. The van der Waals surface area contributed by atoms with Crippen molar-refractivity contribution < 1.29 is 4.79 Å². The molecule has 5 heteroatoms. The SMILES string of the molecule is O=C(CN1CCCCC1CC1CCC1)Nc1nc2c(s1)CCCC2. The second kappa shape index (κ2) is 7.52. The summed E-state index contributed by atoms with van der Waals surface area (Å²) in [4.78, 5) is 21.0. The minimum absolute atomic E-state index is 0.126. The third-order valence-corrected chi connectivity index (χ3v) is 7.09. The molecule has 2 aliphatic carbocycles. The van der Waals surface area contributed by atoms with Gasteiger partial charge in [-0.25, -0.2) is 4.98 Å². The summed E-state index contributed by atoms with van der Waals surface area (Å²) in [6.45, 7) is 1.63. The molecule has 0 radical (unpaired) electrons. The molecule has 2 fully saturated rings. The lowest BCUT2D eigenvalue weighted by atomic mass is 9.79. The van der Waals surface area contributed by atoms with E-state index in [-0.39, 0.29) is 5.91 Å². The van der Waals surface area contributed by atoms with Crippen LogP contribution in [0.3, 0.4) is 0 Å². The Balaban J connectivity index is 1.32. The number of aromatic nitrogens is 1. The number of rotatable bonds is 5. The molecule has 1 atom stereocenters. The number of carbonyl (C=O) groups excluding carboxylic acids is 1. The van der Waals surface area contributed by atoms with Crippen molar-refractivity contribution in [3.63, 3.8) is 0 Å². The van der Waals surface area contributed by atoms with Gasteiger partial charge >= 0.3 is 0 Å². The number of nitrogens with one attached hydrogen (secondary N) is 1. The Bertz CT molecular complexity index is 558. The average molecular weight is 348 g/mol. The molecule has 0 spiro atoms. The molecule has 0 aromatic carbocycles. The van der Waals surface area contributed by atoms with Crippen LogP contribution in [-0.2, 0) is 17.6 Å². The molecule has 1 aliphatic heterocycles. The number of thiazole rings is 1. The molecule has 1 saturated carbocycles. The molecule has 1 amide bonds. The molecule has 0 bridgehead atoms. The van der Waals surface area contributed by atoms with E-state index in [2.05, 4.69) is 15.2 Å². The summed E-state index contributed by atoms with van der Waals surface area (Å²) in [5, 5.41) is 3.89. The number of hydrogen-bond acceptors (Lipinski definition) is 4. The molecular weight excluding hydrogens is 318 g/mol. The van der Waals surface area contributed by atoms with Crippen molar-refractivity contribution in [2.24, 2.45) is 5.92 Å². The number of amides is 1. The van der Waals surface area contributed by atoms with Gasteiger partial charge in [-0.1, -0.05) is 25.7 Å². The van der Waals surface area contributed by atoms with E-state index in [4.69, 9.17) is 0 Å². The minimum Gasteiger partial charge on any atom is -0.301 e. The maximum absolute atomic E-state index is 12.5. The van der Waals surface area contributed by atoms with Crippen molar-refractivity contribution in [1.82, 2.24) is 9.88 Å². The zero-order chi connectivity index (χ0) is 16.4. The number of aryl methyl sites for hydroxylation is 2. The van der Waals surface area contributed by atoms with Crippen molar-refractivity contribution in [3.05, 3.63) is 10.6 Å². The van der Waals surface area contributed by atoms with Gasteiger partial charge in [-0.3, -0.25) is 9.69 Å². The molecule has 2 heterocycles. The fourth-order valence-electron chi connectivity index (χ4n) is 4.40. The van der Waals surface area contributed by atoms with E-state index in [0.29, 0.717) is 12.6 Å². The monoisotopic (exact) mass is 347 g/mol. The van der Waals surface area contributed by atoms with Crippen LogP contribution in [-0.4, -0.2) is 34.9 Å². The van der Waals surface area contributed by atoms with Crippen LogP contribution in [0.1, 0.15) is 68.4 Å². The zero-order valence-electron chi connectivity index (χ0n) is 14.6. The van der Waals surface area contributed by atoms with E-state index in [1.165, 1.54) is 68.4 Å². The largest absolute Gasteiger partial charge is 0.301 e. The van der Waals surface area contributed by atoms with Crippen LogP contribution in [0.15, 0.2) is 0 Å². The number of likely N-dealkylation sites (tertiary alicyclic amines) is 1. The Morgan fingerprint density at radius 3 is 2.79 bits per heavy atom. The molecule has 24 heavy (non-hydrogen) atoms. The first-order chi connectivity index (χ1) is 11.8. The molecule has 1 N–H and O–H groups in total. The molecule has 4 nitrogen and oxygen atoms in total. The van der Waals surface area contributed by atoms with E-state index in [1.807, 2.05) is 0 Å². The predicted molar refractivity (Wildman–Crippen MR) is 98.6 cm³/mol. The van der Waals surface area contributed by atoms with Gasteiger partial charge in [-0.15, -0.1) is 11.3 Å². The third-order valence-electron chi connectivity index (χ3n) is 6.02. The van der Waals surface area contributed by atoms with Crippen LogP contribution < -0.4 is 5.32 Å². The number of piperidine rings is 1. The van der Waals surface area contributed by atoms with Gasteiger partial charge in [0.15, 0.2) is 5.13 Å². The Kier molecular flexibility index (Phi) is 5.18. The quantitative estimate of drug-likeness (QED) is 0.875. The molecule has 3 aliphatic rings. The molecular formula is C19H29N3OS. The van der Waals surface area contributed by atoms with Crippen molar-refractivity contribution in [1.29, 1.82) is 0 Å². The first-order valence-electron chi connectivity index (χ1n) is 9.80. The van der Waals surface area contributed by atoms with Crippen molar-refractivity contribution in [2.45, 2.75) is 76.7 Å². The summed E-state index contributed by atoms with van der Waals surface area (Å²) in [6, 6.07) is 0.624. The van der Waals surface area contributed by atoms with Gasteiger partial charge in [0.2, 0.25) is 5.91 Å². The summed E-state index contributed by atoms with van der Waals surface area (Å²) in [7, 11) is 0. The summed E-state index contributed by atoms with van der Waals surface area (Å²) < 4.78 is 0. The number of fused-ring (bicyclic) bond motifs is 1. The van der Waals surface area contributed by atoms with E-state index < -0.39 is 0 Å². The normalized spacial score (nSPS) is 25.1. The van der Waals surface area contributed by atoms with E-state index in [0.717, 1.165) is 30.4 Å². The third kappa shape index (κ3) is 3.83. The topological polar surface area (TPSA) is 45.2 Å². The number of carbonyl (C=O) groups is 1. The van der Waals surface area contributed by atoms with Gasteiger partial charge in [-0.2, -0.15) is 0 Å². The van der Waals surface area contributed by atoms with Gasteiger partial charge < -0.3 is 5.32 Å². The number of hydrogen-bond donors (Lipinski definition) is 1. The van der Waals surface area contributed by atoms with Crippen molar-refractivity contribution in [3.8, 4) is 0 Å². The highest BCUT2D eigenvalue weighted by Crippen LogP contribution is 2.34. The molecule has 1 aromatic rings. The first-order valence-corrected chi connectivity index (χ1v) is 10.6. The smallest absolute Gasteiger partial charge is 0.240 e. The minimum atomic E-state index is 0.126.